The minimum absolute atomic E-state index is 0.0218. The van der Waals surface area contributed by atoms with Gasteiger partial charge in [-0.05, 0) is 77.1 Å². The van der Waals surface area contributed by atoms with Crippen molar-refractivity contribution in [3.63, 3.8) is 0 Å². The molecule has 0 amide bonds. The molecule has 6 rings (SSSR count). The van der Waals surface area contributed by atoms with E-state index in [0.717, 1.165) is 33.2 Å². The third-order valence-electron chi connectivity index (χ3n) is 6.78. The standard InChI is InChI=1S/C30H27NO/c1-30(2,3)22-17-25-24-10-6-7-11-27(24)32-29(25)26(18-22)28-23-13-12-20(19-8-4-5-9-19)16-21(23)14-15-31-28/h6-8,10-18H,4-5,9H2,1-3H3. The van der Waals surface area contributed by atoms with Crippen LogP contribution in [0.5, 0.6) is 0 Å². The van der Waals surface area contributed by atoms with Gasteiger partial charge in [0.25, 0.3) is 0 Å². The van der Waals surface area contributed by atoms with Crippen molar-refractivity contribution in [2.45, 2.75) is 45.4 Å². The smallest absolute Gasteiger partial charge is 0.144 e. The fourth-order valence-corrected chi connectivity index (χ4v) is 4.96. The van der Waals surface area contributed by atoms with Crippen molar-refractivity contribution in [1.82, 2.24) is 4.98 Å². The third kappa shape index (κ3) is 3.05. The Morgan fingerprint density at radius 1 is 0.875 bits per heavy atom. The van der Waals surface area contributed by atoms with Crippen LogP contribution in [0, 0.1) is 0 Å². The van der Waals surface area contributed by atoms with Crippen molar-refractivity contribution in [2.24, 2.45) is 0 Å². The second-order valence-corrected chi connectivity index (χ2v) is 9.97. The lowest BCUT2D eigenvalue weighted by atomic mass is 9.84. The summed E-state index contributed by atoms with van der Waals surface area (Å²) >= 11 is 0. The summed E-state index contributed by atoms with van der Waals surface area (Å²) in [6.45, 7) is 6.79. The molecular formula is C30H27NO. The van der Waals surface area contributed by atoms with Gasteiger partial charge < -0.3 is 4.42 Å². The van der Waals surface area contributed by atoms with Crippen LogP contribution in [0.15, 0.2) is 77.4 Å². The Morgan fingerprint density at radius 2 is 1.75 bits per heavy atom. The van der Waals surface area contributed by atoms with Gasteiger partial charge in [-0.2, -0.15) is 0 Å². The molecule has 0 unspecified atom stereocenters. The van der Waals surface area contributed by atoms with Crippen molar-refractivity contribution >= 4 is 38.3 Å². The summed E-state index contributed by atoms with van der Waals surface area (Å²) in [5, 5.41) is 4.72. The van der Waals surface area contributed by atoms with Gasteiger partial charge in [-0.3, -0.25) is 4.98 Å². The fraction of sp³-hybridized carbons (Fsp3) is 0.233. The number of hydrogen-bond acceptors (Lipinski definition) is 2. The quantitative estimate of drug-likeness (QED) is 0.287. The van der Waals surface area contributed by atoms with Gasteiger partial charge in [0.2, 0.25) is 0 Å². The topological polar surface area (TPSA) is 26.0 Å². The Labute approximate surface area is 188 Å². The molecule has 158 valence electrons. The van der Waals surface area contributed by atoms with Crippen molar-refractivity contribution in [2.75, 3.05) is 0 Å². The molecule has 2 aromatic heterocycles. The summed E-state index contributed by atoms with van der Waals surface area (Å²) in [4.78, 5) is 4.87. The van der Waals surface area contributed by atoms with E-state index in [4.69, 9.17) is 9.40 Å². The zero-order valence-electron chi connectivity index (χ0n) is 18.9. The Morgan fingerprint density at radius 3 is 2.56 bits per heavy atom. The van der Waals surface area contributed by atoms with E-state index in [1.165, 1.54) is 46.7 Å². The molecule has 1 aliphatic rings. The Bertz CT molecular complexity index is 1530. The van der Waals surface area contributed by atoms with E-state index in [-0.39, 0.29) is 5.41 Å². The van der Waals surface area contributed by atoms with Crippen LogP contribution in [-0.4, -0.2) is 4.98 Å². The van der Waals surface area contributed by atoms with Crippen molar-refractivity contribution in [1.29, 1.82) is 0 Å². The Hall–Kier alpha value is -3.39. The van der Waals surface area contributed by atoms with Crippen LogP contribution >= 0.6 is 0 Å². The van der Waals surface area contributed by atoms with Crippen molar-refractivity contribution in [3.8, 4) is 11.3 Å². The molecule has 1 aliphatic carbocycles. The second-order valence-electron chi connectivity index (χ2n) is 9.97. The maximum Gasteiger partial charge on any atom is 0.144 e. The highest BCUT2D eigenvalue weighted by Gasteiger charge is 2.22. The number of aromatic nitrogens is 1. The molecule has 0 saturated carbocycles. The first kappa shape index (κ1) is 19.3. The van der Waals surface area contributed by atoms with Gasteiger partial charge in [-0.25, -0.2) is 0 Å². The molecule has 0 radical (unpaired) electrons. The molecule has 32 heavy (non-hydrogen) atoms. The molecule has 2 heterocycles. The second kappa shape index (κ2) is 7.06. The largest absolute Gasteiger partial charge is 0.455 e. The summed E-state index contributed by atoms with van der Waals surface area (Å²) < 4.78 is 6.41. The number of nitrogens with zero attached hydrogens (tertiary/aromatic N) is 1. The molecule has 0 aliphatic heterocycles. The third-order valence-corrected chi connectivity index (χ3v) is 6.78. The lowest BCUT2D eigenvalue weighted by Gasteiger charge is -2.20. The number of para-hydroxylation sites is 1. The van der Waals surface area contributed by atoms with Crippen LogP contribution in [0.25, 0.3) is 49.5 Å². The molecule has 3 aromatic carbocycles. The van der Waals surface area contributed by atoms with Gasteiger partial charge in [-0.1, -0.05) is 57.2 Å². The number of pyridine rings is 1. The number of furan rings is 1. The van der Waals surface area contributed by atoms with Gasteiger partial charge in [0.05, 0.1) is 5.69 Å². The van der Waals surface area contributed by atoms with Crippen molar-refractivity contribution in [3.05, 3.63) is 84.1 Å². The lowest BCUT2D eigenvalue weighted by Crippen LogP contribution is -2.11. The molecule has 0 N–H and O–H groups in total. The summed E-state index contributed by atoms with van der Waals surface area (Å²) in [7, 11) is 0. The van der Waals surface area contributed by atoms with E-state index in [1.54, 1.807) is 0 Å². The number of hydrogen-bond donors (Lipinski definition) is 0. The van der Waals surface area contributed by atoms with Crippen LogP contribution in [0.1, 0.15) is 51.2 Å². The molecule has 0 bridgehead atoms. The molecular weight excluding hydrogens is 390 g/mol. The number of rotatable bonds is 2. The summed E-state index contributed by atoms with van der Waals surface area (Å²) in [5.41, 5.74) is 8.02. The minimum atomic E-state index is 0.0218. The number of fused-ring (bicyclic) bond motifs is 4. The molecule has 0 atom stereocenters. The maximum absolute atomic E-state index is 6.41. The first-order valence-electron chi connectivity index (χ1n) is 11.5. The summed E-state index contributed by atoms with van der Waals surface area (Å²) in [6.07, 6.45) is 7.95. The van der Waals surface area contributed by atoms with E-state index in [0.29, 0.717) is 0 Å². The highest BCUT2D eigenvalue weighted by Crippen LogP contribution is 2.41. The molecule has 2 heteroatoms. The van der Waals surface area contributed by atoms with Gasteiger partial charge in [0.1, 0.15) is 11.2 Å². The van der Waals surface area contributed by atoms with E-state index < -0.39 is 0 Å². The van der Waals surface area contributed by atoms with Crippen LogP contribution in [0.2, 0.25) is 0 Å². The Balaban J connectivity index is 1.65. The van der Waals surface area contributed by atoms with E-state index in [9.17, 15) is 0 Å². The lowest BCUT2D eigenvalue weighted by molar-refractivity contribution is 0.590. The predicted molar refractivity (Wildman–Crippen MR) is 135 cm³/mol. The Kier molecular flexibility index (Phi) is 4.26. The molecule has 5 aromatic rings. The normalized spacial score (nSPS) is 14.5. The van der Waals surface area contributed by atoms with Crippen molar-refractivity contribution < 1.29 is 4.42 Å². The molecule has 0 saturated heterocycles. The minimum Gasteiger partial charge on any atom is -0.455 e. The number of benzene rings is 3. The van der Waals surface area contributed by atoms with Crippen LogP contribution in [0.3, 0.4) is 0 Å². The number of allylic oxidation sites excluding steroid dienone is 2. The summed E-state index contributed by atoms with van der Waals surface area (Å²) in [5.74, 6) is 0. The van der Waals surface area contributed by atoms with E-state index in [2.05, 4.69) is 75.4 Å². The van der Waals surface area contributed by atoms with Gasteiger partial charge in [0.15, 0.2) is 0 Å². The first-order chi connectivity index (χ1) is 15.5. The van der Waals surface area contributed by atoms with Gasteiger partial charge in [-0.15, -0.1) is 0 Å². The molecule has 2 nitrogen and oxygen atoms in total. The average molecular weight is 418 g/mol. The van der Waals surface area contributed by atoms with Crippen LogP contribution in [-0.2, 0) is 5.41 Å². The molecule has 0 spiro atoms. The maximum atomic E-state index is 6.41. The van der Waals surface area contributed by atoms with Gasteiger partial charge in [0, 0.05) is 27.9 Å². The zero-order chi connectivity index (χ0) is 21.9. The monoisotopic (exact) mass is 417 g/mol. The van der Waals surface area contributed by atoms with Crippen LogP contribution in [0.4, 0.5) is 0 Å². The fourth-order valence-electron chi connectivity index (χ4n) is 4.96. The van der Waals surface area contributed by atoms with Gasteiger partial charge >= 0.3 is 0 Å². The highest BCUT2D eigenvalue weighted by atomic mass is 16.3. The van der Waals surface area contributed by atoms with E-state index >= 15 is 0 Å². The zero-order valence-corrected chi connectivity index (χ0v) is 18.9. The molecule has 0 fully saturated rings. The average Bonchev–Trinajstić information content (AvgIpc) is 3.45. The SMILES string of the molecule is CC(C)(C)c1cc(-c2nccc3cc(C4=CCCC4)ccc23)c2oc3ccccc3c2c1. The first-order valence-corrected chi connectivity index (χ1v) is 11.5. The highest BCUT2D eigenvalue weighted by molar-refractivity contribution is 6.12. The van der Waals surface area contributed by atoms with E-state index in [1.807, 2.05) is 18.3 Å². The summed E-state index contributed by atoms with van der Waals surface area (Å²) in [6, 6.07) is 21.8. The van der Waals surface area contributed by atoms with Crippen LogP contribution < -0.4 is 0 Å². The predicted octanol–water partition coefficient (Wildman–Crippen LogP) is 8.67.